The van der Waals surface area contributed by atoms with Crippen molar-refractivity contribution >= 4 is 25.8 Å². The predicted octanol–water partition coefficient (Wildman–Crippen LogP) is 1.85. The van der Waals surface area contributed by atoms with Gasteiger partial charge >= 0.3 is 0 Å². The molecule has 0 amide bonds. The molecule has 1 aliphatic carbocycles. The lowest BCUT2D eigenvalue weighted by Crippen LogP contribution is -2.19. The summed E-state index contributed by atoms with van der Waals surface area (Å²) in [6, 6.07) is 9.22. The zero-order chi connectivity index (χ0) is 14.3. The number of benzene rings is 1. The summed E-state index contributed by atoms with van der Waals surface area (Å²) in [5, 5.41) is 18.0. The van der Waals surface area contributed by atoms with Gasteiger partial charge in [-0.05, 0) is 17.7 Å². The third-order valence-corrected chi connectivity index (χ3v) is 6.54. The Labute approximate surface area is 121 Å². The van der Waals surface area contributed by atoms with Gasteiger partial charge in [0.2, 0.25) is 0 Å². The molecule has 0 unspecified atom stereocenters. The normalized spacial score (nSPS) is 29.8. The Balaban J connectivity index is 2.46. The highest BCUT2D eigenvalue weighted by Crippen LogP contribution is 2.62. The van der Waals surface area contributed by atoms with Gasteiger partial charge in [0.1, 0.15) is 5.41 Å². The number of aliphatic hydroxyl groups excluding tert-OH is 1. The lowest BCUT2D eigenvalue weighted by Gasteiger charge is -2.03. The molecule has 1 aromatic rings. The molecule has 0 aliphatic heterocycles. The Morgan fingerprint density at radius 1 is 1.42 bits per heavy atom. The standard InChI is InChI=1S/C13H14BrNO3S/c1-2-19(17,18)12-11(13(12,7-15)8-16)9-3-5-10(14)6-4-9/h3-6,11-12,16H,2,8H2,1H3/t11-,12-,13+/m0/s1. The van der Waals surface area contributed by atoms with Crippen LogP contribution in [0.15, 0.2) is 28.7 Å². The zero-order valence-corrected chi connectivity index (χ0v) is 12.8. The molecule has 1 fully saturated rings. The second-order valence-corrected chi connectivity index (χ2v) is 8.04. The Hall–Kier alpha value is -0.900. The third kappa shape index (κ3) is 2.20. The zero-order valence-electron chi connectivity index (χ0n) is 10.4. The molecule has 19 heavy (non-hydrogen) atoms. The van der Waals surface area contributed by atoms with Crippen molar-refractivity contribution < 1.29 is 13.5 Å². The van der Waals surface area contributed by atoms with Gasteiger partial charge in [0.05, 0.1) is 17.9 Å². The van der Waals surface area contributed by atoms with Crippen molar-refractivity contribution in [3.8, 4) is 6.07 Å². The van der Waals surface area contributed by atoms with Crippen LogP contribution in [0.3, 0.4) is 0 Å². The maximum atomic E-state index is 12.1. The van der Waals surface area contributed by atoms with Crippen molar-refractivity contribution in [2.45, 2.75) is 18.1 Å². The fraction of sp³-hybridized carbons (Fsp3) is 0.462. The molecule has 1 aromatic carbocycles. The van der Waals surface area contributed by atoms with E-state index in [0.29, 0.717) is 0 Å². The summed E-state index contributed by atoms with van der Waals surface area (Å²) in [6.07, 6.45) is 0. The number of nitrogens with zero attached hydrogens (tertiary/aromatic N) is 1. The Bertz CT molecular complexity index is 620. The number of hydrogen-bond donors (Lipinski definition) is 1. The molecular weight excluding hydrogens is 330 g/mol. The Morgan fingerprint density at radius 3 is 2.42 bits per heavy atom. The van der Waals surface area contributed by atoms with Crippen LogP contribution in [0.5, 0.6) is 0 Å². The van der Waals surface area contributed by atoms with Crippen LogP contribution in [0.1, 0.15) is 18.4 Å². The van der Waals surface area contributed by atoms with Gasteiger partial charge in [-0.3, -0.25) is 0 Å². The highest BCUT2D eigenvalue weighted by atomic mass is 79.9. The first-order valence-corrected chi connectivity index (χ1v) is 8.43. The first-order valence-electron chi connectivity index (χ1n) is 5.92. The van der Waals surface area contributed by atoms with Gasteiger partial charge in [0.25, 0.3) is 0 Å². The topological polar surface area (TPSA) is 78.2 Å². The summed E-state index contributed by atoms with van der Waals surface area (Å²) >= 11 is 3.31. The van der Waals surface area contributed by atoms with Crippen molar-refractivity contribution in [2.24, 2.45) is 5.41 Å². The van der Waals surface area contributed by atoms with E-state index in [1.807, 2.05) is 18.2 Å². The number of nitriles is 1. The summed E-state index contributed by atoms with van der Waals surface area (Å²) in [4.78, 5) is 0. The lowest BCUT2D eigenvalue weighted by molar-refractivity contribution is 0.242. The molecule has 1 N–H and O–H groups in total. The smallest absolute Gasteiger partial charge is 0.155 e. The summed E-state index contributed by atoms with van der Waals surface area (Å²) in [5.74, 6) is -0.464. The quantitative estimate of drug-likeness (QED) is 0.904. The minimum atomic E-state index is -3.36. The van der Waals surface area contributed by atoms with Crippen LogP contribution < -0.4 is 0 Å². The van der Waals surface area contributed by atoms with Gasteiger partial charge in [-0.15, -0.1) is 0 Å². The van der Waals surface area contributed by atoms with E-state index in [-0.39, 0.29) is 5.75 Å². The van der Waals surface area contributed by atoms with Crippen LogP contribution >= 0.6 is 15.9 Å². The molecule has 6 heteroatoms. The van der Waals surface area contributed by atoms with E-state index in [2.05, 4.69) is 15.9 Å². The van der Waals surface area contributed by atoms with Crippen molar-refractivity contribution in [3.05, 3.63) is 34.3 Å². The van der Waals surface area contributed by atoms with Gasteiger partial charge in [-0.25, -0.2) is 8.42 Å². The van der Waals surface area contributed by atoms with Gasteiger partial charge in [0.15, 0.2) is 9.84 Å². The van der Waals surface area contributed by atoms with Crippen LogP contribution in [-0.4, -0.2) is 31.1 Å². The Kier molecular flexibility index (Phi) is 3.74. The largest absolute Gasteiger partial charge is 0.395 e. The van der Waals surface area contributed by atoms with Crippen molar-refractivity contribution in [3.63, 3.8) is 0 Å². The van der Waals surface area contributed by atoms with E-state index in [0.717, 1.165) is 10.0 Å². The van der Waals surface area contributed by atoms with E-state index in [9.17, 15) is 18.8 Å². The summed E-state index contributed by atoms with van der Waals surface area (Å²) < 4.78 is 25.0. The molecule has 0 bridgehead atoms. The van der Waals surface area contributed by atoms with Gasteiger partial charge in [-0.1, -0.05) is 35.0 Å². The number of hydrogen-bond acceptors (Lipinski definition) is 4. The molecule has 0 radical (unpaired) electrons. The van der Waals surface area contributed by atoms with Crippen LogP contribution in [-0.2, 0) is 9.84 Å². The maximum absolute atomic E-state index is 12.1. The molecule has 0 spiro atoms. The molecule has 3 atom stereocenters. The minimum Gasteiger partial charge on any atom is -0.395 e. The molecule has 4 nitrogen and oxygen atoms in total. The molecule has 2 rings (SSSR count). The van der Waals surface area contributed by atoms with Gasteiger partial charge < -0.3 is 5.11 Å². The number of halogens is 1. The molecule has 1 saturated carbocycles. The number of sulfone groups is 1. The van der Waals surface area contributed by atoms with Crippen LogP contribution in [0, 0.1) is 16.7 Å². The minimum absolute atomic E-state index is 0.0197. The van der Waals surface area contributed by atoms with E-state index >= 15 is 0 Å². The molecular formula is C13H14BrNO3S. The first-order chi connectivity index (χ1) is 8.93. The van der Waals surface area contributed by atoms with E-state index in [1.165, 1.54) is 0 Å². The predicted molar refractivity (Wildman–Crippen MR) is 75.3 cm³/mol. The average molecular weight is 344 g/mol. The van der Waals surface area contributed by atoms with E-state index in [1.54, 1.807) is 19.1 Å². The first kappa shape index (κ1) is 14.5. The molecule has 1 aliphatic rings. The fourth-order valence-electron chi connectivity index (χ4n) is 2.61. The lowest BCUT2D eigenvalue weighted by atomic mass is 10.0. The fourth-order valence-corrected chi connectivity index (χ4v) is 4.89. The van der Waals surface area contributed by atoms with E-state index in [4.69, 9.17) is 0 Å². The van der Waals surface area contributed by atoms with Gasteiger partial charge in [-0.2, -0.15) is 5.26 Å². The Morgan fingerprint density at radius 2 is 2.00 bits per heavy atom. The number of rotatable bonds is 4. The molecule has 0 saturated heterocycles. The number of aliphatic hydroxyl groups is 1. The third-order valence-electron chi connectivity index (χ3n) is 3.74. The van der Waals surface area contributed by atoms with Gasteiger partial charge in [0, 0.05) is 16.1 Å². The van der Waals surface area contributed by atoms with Crippen molar-refractivity contribution in [1.29, 1.82) is 5.26 Å². The van der Waals surface area contributed by atoms with Crippen molar-refractivity contribution in [1.82, 2.24) is 0 Å². The second-order valence-electron chi connectivity index (χ2n) is 4.71. The highest BCUT2D eigenvalue weighted by Gasteiger charge is 2.71. The summed E-state index contributed by atoms with van der Waals surface area (Å²) in [6.45, 7) is 1.12. The molecule has 0 aromatic heterocycles. The highest BCUT2D eigenvalue weighted by molar-refractivity contribution is 9.10. The van der Waals surface area contributed by atoms with Crippen LogP contribution in [0.2, 0.25) is 0 Å². The monoisotopic (exact) mass is 343 g/mol. The van der Waals surface area contributed by atoms with Crippen LogP contribution in [0.25, 0.3) is 0 Å². The van der Waals surface area contributed by atoms with E-state index < -0.39 is 33.0 Å². The van der Waals surface area contributed by atoms with Crippen molar-refractivity contribution in [2.75, 3.05) is 12.4 Å². The maximum Gasteiger partial charge on any atom is 0.155 e. The van der Waals surface area contributed by atoms with Crippen LogP contribution in [0.4, 0.5) is 0 Å². The average Bonchev–Trinajstić information content (AvgIpc) is 3.10. The molecule has 102 valence electrons. The molecule has 0 heterocycles. The second kappa shape index (κ2) is 4.89. The SMILES string of the molecule is CCS(=O)(=O)[C@H]1[C@H](c2ccc(Br)cc2)[C@@]1(C#N)CO. The summed E-state index contributed by atoms with van der Waals surface area (Å²) in [7, 11) is -3.36. The summed E-state index contributed by atoms with van der Waals surface area (Å²) in [5.41, 5.74) is -0.413.